The summed E-state index contributed by atoms with van der Waals surface area (Å²) in [6.45, 7) is 5.69. The Labute approximate surface area is 89.3 Å². The molecule has 0 aromatic carbocycles. The highest BCUT2D eigenvalue weighted by Gasteiger charge is 2.72. The maximum atomic E-state index is 11.2. The molecule has 0 atom stereocenters. The Balaban J connectivity index is 2.17. The molecule has 0 aromatic rings. The fourth-order valence-corrected chi connectivity index (χ4v) is 3.37. The Hall–Kier alpha value is -1.06. The average Bonchev–Trinajstić information content (AvgIpc) is 1.89. The van der Waals surface area contributed by atoms with Gasteiger partial charge in [0.1, 0.15) is 6.29 Å². The van der Waals surface area contributed by atoms with Crippen LogP contribution in [0, 0.1) is 5.41 Å². The molecule has 1 amide bonds. The molecule has 4 nitrogen and oxygen atoms in total. The van der Waals surface area contributed by atoms with Crippen LogP contribution in [0.1, 0.15) is 40.0 Å². The van der Waals surface area contributed by atoms with E-state index in [1.807, 2.05) is 20.8 Å². The van der Waals surface area contributed by atoms with E-state index in [9.17, 15) is 14.7 Å². The molecule has 3 aliphatic carbocycles. The highest BCUT2D eigenvalue weighted by molar-refractivity contribution is 5.73. The van der Waals surface area contributed by atoms with Crippen molar-refractivity contribution in [2.75, 3.05) is 0 Å². The highest BCUT2D eigenvalue weighted by Crippen LogP contribution is 2.69. The van der Waals surface area contributed by atoms with Gasteiger partial charge in [0.05, 0.1) is 0 Å². The molecule has 0 unspecified atom stereocenters. The highest BCUT2D eigenvalue weighted by atomic mass is 16.4. The maximum absolute atomic E-state index is 11.2. The quantitative estimate of drug-likeness (QED) is 0.709. The van der Waals surface area contributed by atoms with Crippen molar-refractivity contribution >= 4 is 12.4 Å². The molecule has 84 valence electrons. The van der Waals surface area contributed by atoms with Crippen LogP contribution in [0.3, 0.4) is 0 Å². The number of amides is 1. The third-order valence-corrected chi connectivity index (χ3v) is 3.63. The second kappa shape index (κ2) is 2.54. The van der Waals surface area contributed by atoms with Crippen molar-refractivity contribution < 1.29 is 14.7 Å². The van der Waals surface area contributed by atoms with E-state index < -0.39 is 6.09 Å². The van der Waals surface area contributed by atoms with Gasteiger partial charge in [0.15, 0.2) is 0 Å². The van der Waals surface area contributed by atoms with E-state index in [1.54, 1.807) is 0 Å². The summed E-state index contributed by atoms with van der Waals surface area (Å²) in [5.74, 6) is 0. The average molecular weight is 211 g/mol. The van der Waals surface area contributed by atoms with Crippen molar-refractivity contribution in [1.82, 2.24) is 4.90 Å². The van der Waals surface area contributed by atoms with E-state index in [4.69, 9.17) is 0 Å². The van der Waals surface area contributed by atoms with Gasteiger partial charge >= 0.3 is 6.09 Å². The first-order valence-corrected chi connectivity index (χ1v) is 5.24. The van der Waals surface area contributed by atoms with Crippen LogP contribution in [-0.2, 0) is 4.79 Å². The number of nitrogens with zero attached hydrogens (tertiary/aromatic N) is 1. The molecular weight excluding hydrogens is 194 g/mol. The van der Waals surface area contributed by atoms with Gasteiger partial charge in [-0.25, -0.2) is 4.79 Å². The predicted molar refractivity (Wildman–Crippen MR) is 54.7 cm³/mol. The van der Waals surface area contributed by atoms with Gasteiger partial charge in [0, 0.05) is 16.5 Å². The number of aldehydes is 1. The summed E-state index contributed by atoms with van der Waals surface area (Å²) < 4.78 is 0. The summed E-state index contributed by atoms with van der Waals surface area (Å²) in [4.78, 5) is 23.5. The van der Waals surface area contributed by atoms with Crippen LogP contribution in [0.5, 0.6) is 0 Å². The number of carboxylic acid groups (broad SMARTS) is 1. The molecule has 3 rings (SSSR count). The predicted octanol–water partition coefficient (Wildman–Crippen LogP) is 1.89. The summed E-state index contributed by atoms with van der Waals surface area (Å²) in [7, 11) is 0. The molecule has 0 saturated heterocycles. The Morgan fingerprint density at radius 2 is 1.80 bits per heavy atom. The van der Waals surface area contributed by atoms with E-state index in [0.717, 1.165) is 6.29 Å². The topological polar surface area (TPSA) is 57.6 Å². The summed E-state index contributed by atoms with van der Waals surface area (Å²) in [5, 5.41) is 9.23. The lowest BCUT2D eigenvalue weighted by Crippen LogP contribution is -2.78. The van der Waals surface area contributed by atoms with Gasteiger partial charge in [-0.3, -0.25) is 4.90 Å². The molecule has 0 aliphatic heterocycles. The second-order valence-corrected chi connectivity index (χ2v) is 6.02. The Morgan fingerprint density at radius 3 is 2.07 bits per heavy atom. The van der Waals surface area contributed by atoms with Crippen molar-refractivity contribution in [2.45, 2.75) is 51.1 Å². The van der Waals surface area contributed by atoms with Crippen LogP contribution >= 0.6 is 0 Å². The first-order valence-electron chi connectivity index (χ1n) is 5.24. The zero-order valence-corrected chi connectivity index (χ0v) is 9.41. The fraction of sp³-hybridized carbons (Fsp3) is 0.818. The zero-order chi connectivity index (χ0) is 11.5. The lowest BCUT2D eigenvalue weighted by atomic mass is 9.39. The van der Waals surface area contributed by atoms with Crippen molar-refractivity contribution in [2.24, 2.45) is 5.41 Å². The molecule has 0 heterocycles. The van der Waals surface area contributed by atoms with Crippen LogP contribution in [0.25, 0.3) is 0 Å². The molecule has 3 aliphatic rings. The lowest BCUT2D eigenvalue weighted by Gasteiger charge is -2.72. The van der Waals surface area contributed by atoms with Gasteiger partial charge in [0.2, 0.25) is 0 Å². The molecule has 0 radical (unpaired) electrons. The molecule has 3 saturated carbocycles. The van der Waals surface area contributed by atoms with Gasteiger partial charge in [-0.05, 0) is 40.0 Å². The third-order valence-electron chi connectivity index (χ3n) is 3.63. The normalized spacial score (nSPS) is 37.5. The minimum Gasteiger partial charge on any atom is -0.465 e. The summed E-state index contributed by atoms with van der Waals surface area (Å²) in [6.07, 6.45) is 2.27. The van der Waals surface area contributed by atoms with Crippen molar-refractivity contribution in [1.29, 1.82) is 0 Å². The van der Waals surface area contributed by atoms with Gasteiger partial charge < -0.3 is 9.90 Å². The van der Waals surface area contributed by atoms with E-state index >= 15 is 0 Å². The Kier molecular flexibility index (Phi) is 1.77. The minimum atomic E-state index is -0.873. The third kappa shape index (κ3) is 1.20. The lowest BCUT2D eigenvalue weighted by molar-refractivity contribution is -0.213. The summed E-state index contributed by atoms with van der Waals surface area (Å²) in [6, 6.07) is 0. The largest absolute Gasteiger partial charge is 0.465 e. The van der Waals surface area contributed by atoms with E-state index in [2.05, 4.69) is 0 Å². The van der Waals surface area contributed by atoms with Gasteiger partial charge in [-0.1, -0.05) is 0 Å². The van der Waals surface area contributed by atoms with E-state index in [-0.39, 0.29) is 16.5 Å². The Morgan fingerprint density at radius 1 is 1.33 bits per heavy atom. The van der Waals surface area contributed by atoms with Crippen LogP contribution < -0.4 is 0 Å². The molecule has 1 N–H and O–H groups in total. The number of hydrogen-bond donors (Lipinski definition) is 1. The molecule has 4 heteroatoms. The number of hydrogen-bond acceptors (Lipinski definition) is 2. The van der Waals surface area contributed by atoms with Gasteiger partial charge in [-0.15, -0.1) is 0 Å². The van der Waals surface area contributed by atoms with Crippen molar-refractivity contribution in [3.63, 3.8) is 0 Å². The molecule has 15 heavy (non-hydrogen) atoms. The number of rotatable bonds is 2. The molecule has 2 bridgehead atoms. The SMILES string of the molecule is CC(C)(C)N(C(=O)O)C12CC(C=O)(C1)C2. The standard InChI is InChI=1S/C11H17NO3/c1-9(2,3)12(8(14)15)11-4-10(5-11,6-11)7-13/h7H,4-6H2,1-3H3,(H,14,15). The van der Waals surface area contributed by atoms with Crippen LogP contribution in [0.2, 0.25) is 0 Å². The Bertz CT molecular complexity index is 309. The van der Waals surface area contributed by atoms with Crippen LogP contribution in [0.15, 0.2) is 0 Å². The van der Waals surface area contributed by atoms with Crippen molar-refractivity contribution in [3.05, 3.63) is 0 Å². The van der Waals surface area contributed by atoms with Crippen LogP contribution in [0.4, 0.5) is 4.79 Å². The van der Waals surface area contributed by atoms with Crippen LogP contribution in [-0.4, -0.2) is 33.5 Å². The number of carbonyl (C=O) groups is 2. The monoisotopic (exact) mass is 211 g/mol. The smallest absolute Gasteiger partial charge is 0.408 e. The van der Waals surface area contributed by atoms with Gasteiger partial charge in [-0.2, -0.15) is 0 Å². The molecular formula is C11H17NO3. The van der Waals surface area contributed by atoms with Gasteiger partial charge in [0.25, 0.3) is 0 Å². The first kappa shape index (κ1) is 10.5. The van der Waals surface area contributed by atoms with E-state index in [0.29, 0.717) is 19.3 Å². The second-order valence-electron chi connectivity index (χ2n) is 6.02. The zero-order valence-electron chi connectivity index (χ0n) is 9.41. The maximum Gasteiger partial charge on any atom is 0.408 e. The fourth-order valence-electron chi connectivity index (χ4n) is 3.37. The molecule has 3 fully saturated rings. The van der Waals surface area contributed by atoms with E-state index in [1.165, 1.54) is 4.90 Å². The first-order chi connectivity index (χ1) is 6.75. The summed E-state index contributed by atoms with van der Waals surface area (Å²) in [5.41, 5.74) is -0.814. The number of carbonyl (C=O) groups excluding carboxylic acids is 1. The van der Waals surface area contributed by atoms with Crippen molar-refractivity contribution in [3.8, 4) is 0 Å². The summed E-state index contributed by atoms with van der Waals surface area (Å²) >= 11 is 0. The minimum absolute atomic E-state index is 0.182. The molecule has 0 aromatic heterocycles. The molecule has 0 spiro atoms.